The lowest BCUT2D eigenvalue weighted by molar-refractivity contribution is -0.393. The number of aliphatic hydroxyl groups is 1. The van der Waals surface area contributed by atoms with E-state index >= 15 is 0 Å². The third-order valence-corrected chi connectivity index (χ3v) is 3.03. The molecule has 0 amide bonds. The van der Waals surface area contributed by atoms with Gasteiger partial charge in [0.05, 0.1) is 28.6 Å². The van der Waals surface area contributed by atoms with Crippen LogP contribution in [0.3, 0.4) is 0 Å². The van der Waals surface area contributed by atoms with Crippen LogP contribution in [0.5, 0.6) is 0 Å². The van der Waals surface area contributed by atoms with Gasteiger partial charge < -0.3 is 15.2 Å². The van der Waals surface area contributed by atoms with Crippen molar-refractivity contribution in [2.75, 3.05) is 5.88 Å². The van der Waals surface area contributed by atoms with Gasteiger partial charge in [-0.2, -0.15) is 4.68 Å². The Hall–Kier alpha value is -2.26. The molecule has 0 saturated heterocycles. The second-order valence-electron chi connectivity index (χ2n) is 4.00. The molecule has 0 fully saturated rings. The quantitative estimate of drug-likeness (QED) is 0.506. The first-order chi connectivity index (χ1) is 9.45. The number of nitro benzene ring substituents is 1. The van der Waals surface area contributed by atoms with E-state index in [4.69, 9.17) is 11.6 Å². The zero-order valence-electron chi connectivity index (χ0n) is 9.97. The van der Waals surface area contributed by atoms with Crippen molar-refractivity contribution in [2.45, 2.75) is 12.6 Å². The van der Waals surface area contributed by atoms with Crippen molar-refractivity contribution in [1.29, 1.82) is 0 Å². The summed E-state index contributed by atoms with van der Waals surface area (Å²) in [6, 6.07) is 4.03. The molecule has 0 spiro atoms. The zero-order chi connectivity index (χ0) is 14.9. The van der Waals surface area contributed by atoms with E-state index in [9.17, 15) is 25.3 Å². The van der Waals surface area contributed by atoms with Crippen LogP contribution in [-0.4, -0.2) is 36.7 Å². The van der Waals surface area contributed by atoms with Crippen molar-refractivity contribution in [1.82, 2.24) is 9.78 Å². The van der Waals surface area contributed by atoms with Crippen molar-refractivity contribution in [2.24, 2.45) is 0 Å². The fourth-order valence-electron chi connectivity index (χ4n) is 1.86. The lowest BCUT2D eigenvalue weighted by atomic mass is 10.2. The standard InChI is InChI=1S/C10H9ClN4O5/c11-4-6(16)5-13-7-2-1-3-8(14(17)18)9(7)10(12-13)15(19)20/h1-3,6,16H,4-5H2. The molecule has 1 aromatic carbocycles. The van der Waals surface area contributed by atoms with Crippen LogP contribution in [0.4, 0.5) is 11.5 Å². The number of alkyl halides is 1. The summed E-state index contributed by atoms with van der Waals surface area (Å²) in [4.78, 5) is 20.4. The topological polar surface area (TPSA) is 124 Å². The average molecular weight is 301 g/mol. The molecule has 9 nitrogen and oxygen atoms in total. The van der Waals surface area contributed by atoms with Crippen molar-refractivity contribution in [3.63, 3.8) is 0 Å². The van der Waals surface area contributed by atoms with Crippen molar-refractivity contribution < 1.29 is 15.0 Å². The number of rotatable bonds is 5. The molecule has 1 heterocycles. The Balaban J connectivity index is 2.70. The van der Waals surface area contributed by atoms with Crippen LogP contribution in [0.2, 0.25) is 0 Å². The Labute approximate surface area is 116 Å². The van der Waals surface area contributed by atoms with Gasteiger partial charge in [-0.1, -0.05) is 6.07 Å². The van der Waals surface area contributed by atoms with Gasteiger partial charge >= 0.3 is 5.82 Å². The number of hydrogen-bond donors (Lipinski definition) is 1. The third-order valence-electron chi connectivity index (χ3n) is 2.67. The van der Waals surface area contributed by atoms with E-state index in [0.29, 0.717) is 0 Å². The number of non-ortho nitro benzene ring substituents is 1. The number of nitrogens with zero attached hydrogens (tertiary/aromatic N) is 4. The van der Waals surface area contributed by atoms with Gasteiger partial charge in [0.25, 0.3) is 5.69 Å². The highest BCUT2D eigenvalue weighted by molar-refractivity contribution is 6.18. The molecule has 1 atom stereocenters. The monoisotopic (exact) mass is 300 g/mol. The Morgan fingerprint density at radius 3 is 2.60 bits per heavy atom. The van der Waals surface area contributed by atoms with E-state index < -0.39 is 27.5 Å². The SMILES string of the molecule is O=[N+]([O-])c1cccc2c1c([N+](=O)[O-])nn2CC(O)CCl. The van der Waals surface area contributed by atoms with Crippen LogP contribution < -0.4 is 0 Å². The summed E-state index contributed by atoms with van der Waals surface area (Å²) in [7, 11) is 0. The molecule has 0 bridgehead atoms. The van der Waals surface area contributed by atoms with Crippen molar-refractivity contribution in [3.8, 4) is 0 Å². The summed E-state index contributed by atoms with van der Waals surface area (Å²) in [6.45, 7) is -0.0883. The maximum absolute atomic E-state index is 11.0. The molecule has 0 saturated carbocycles. The van der Waals surface area contributed by atoms with Crippen molar-refractivity contribution >= 4 is 34.0 Å². The predicted molar refractivity (Wildman–Crippen MR) is 69.8 cm³/mol. The Morgan fingerprint density at radius 1 is 1.35 bits per heavy atom. The molecule has 2 aromatic rings. The lowest BCUT2D eigenvalue weighted by Gasteiger charge is -2.04. The fraction of sp³-hybridized carbons (Fsp3) is 0.300. The first-order valence-electron chi connectivity index (χ1n) is 5.48. The van der Waals surface area contributed by atoms with E-state index in [-0.39, 0.29) is 23.3 Å². The third kappa shape index (κ3) is 2.40. The number of nitro groups is 2. The fourth-order valence-corrected chi connectivity index (χ4v) is 1.96. The molecule has 0 radical (unpaired) electrons. The minimum Gasteiger partial charge on any atom is -0.390 e. The van der Waals surface area contributed by atoms with E-state index in [1.54, 1.807) is 0 Å². The van der Waals surface area contributed by atoms with E-state index in [2.05, 4.69) is 5.10 Å². The minimum absolute atomic E-state index is 0.0793. The molecule has 106 valence electrons. The highest BCUT2D eigenvalue weighted by atomic mass is 35.5. The normalized spacial score (nSPS) is 12.5. The number of aliphatic hydroxyl groups excluding tert-OH is 1. The summed E-state index contributed by atoms with van der Waals surface area (Å²) < 4.78 is 1.15. The highest BCUT2D eigenvalue weighted by Crippen LogP contribution is 2.33. The van der Waals surface area contributed by atoms with E-state index in [1.807, 2.05) is 0 Å². The maximum Gasteiger partial charge on any atom is 0.404 e. The van der Waals surface area contributed by atoms with Gasteiger partial charge in [-0.15, -0.1) is 11.6 Å². The van der Waals surface area contributed by atoms with Crippen LogP contribution in [0.1, 0.15) is 0 Å². The first kappa shape index (κ1) is 14.2. The predicted octanol–water partition coefficient (Wildman–Crippen LogP) is 1.45. The molecule has 0 aliphatic rings. The van der Waals surface area contributed by atoms with Crippen LogP contribution >= 0.6 is 11.6 Å². The second kappa shape index (κ2) is 5.39. The van der Waals surface area contributed by atoms with Crippen LogP contribution in [0, 0.1) is 20.2 Å². The first-order valence-corrected chi connectivity index (χ1v) is 6.01. The van der Waals surface area contributed by atoms with E-state index in [0.717, 1.165) is 4.68 Å². The second-order valence-corrected chi connectivity index (χ2v) is 4.31. The molecule has 0 aliphatic carbocycles. The van der Waals surface area contributed by atoms with Gasteiger partial charge in [0.1, 0.15) is 5.52 Å². The molecule has 1 aromatic heterocycles. The smallest absolute Gasteiger partial charge is 0.390 e. The molecule has 20 heavy (non-hydrogen) atoms. The summed E-state index contributed by atoms with van der Waals surface area (Å²) in [5.41, 5.74) is -0.198. The molecule has 1 N–H and O–H groups in total. The van der Waals surface area contributed by atoms with Gasteiger partial charge in [-0.3, -0.25) is 10.1 Å². The van der Waals surface area contributed by atoms with Gasteiger partial charge in [0.15, 0.2) is 5.39 Å². The highest BCUT2D eigenvalue weighted by Gasteiger charge is 2.29. The largest absolute Gasteiger partial charge is 0.404 e. The number of fused-ring (bicyclic) bond motifs is 1. The Bertz CT molecular complexity index is 686. The Kier molecular flexibility index (Phi) is 3.81. The summed E-state index contributed by atoms with van der Waals surface area (Å²) in [5, 5.41) is 35.0. The number of aromatic nitrogens is 2. The average Bonchev–Trinajstić information content (AvgIpc) is 2.77. The zero-order valence-corrected chi connectivity index (χ0v) is 10.7. The van der Waals surface area contributed by atoms with Crippen LogP contribution in [0.25, 0.3) is 10.9 Å². The summed E-state index contributed by atoms with van der Waals surface area (Å²) in [5.74, 6) is -0.696. The van der Waals surface area contributed by atoms with E-state index in [1.165, 1.54) is 18.2 Å². The molecular weight excluding hydrogens is 292 g/mol. The van der Waals surface area contributed by atoms with Crippen LogP contribution in [0.15, 0.2) is 18.2 Å². The minimum atomic E-state index is -0.960. The number of halogens is 1. The van der Waals surface area contributed by atoms with Gasteiger partial charge in [0.2, 0.25) is 0 Å². The molecule has 10 heteroatoms. The molecular formula is C10H9ClN4O5. The molecule has 1 unspecified atom stereocenters. The molecule has 0 aliphatic heterocycles. The van der Waals surface area contributed by atoms with Gasteiger partial charge in [0, 0.05) is 6.07 Å². The van der Waals surface area contributed by atoms with Gasteiger partial charge in [-0.05, 0) is 11.0 Å². The van der Waals surface area contributed by atoms with Gasteiger partial charge in [-0.25, -0.2) is 0 Å². The number of hydrogen-bond acceptors (Lipinski definition) is 6. The Morgan fingerprint density at radius 2 is 2.05 bits per heavy atom. The maximum atomic E-state index is 11.0. The molecule has 2 rings (SSSR count). The lowest BCUT2D eigenvalue weighted by Crippen LogP contribution is -2.18. The number of benzene rings is 1. The summed E-state index contributed by atoms with van der Waals surface area (Å²) >= 11 is 5.47. The summed E-state index contributed by atoms with van der Waals surface area (Å²) in [6.07, 6.45) is -0.960. The van der Waals surface area contributed by atoms with Crippen molar-refractivity contribution in [3.05, 3.63) is 38.4 Å². The van der Waals surface area contributed by atoms with Crippen LogP contribution in [-0.2, 0) is 6.54 Å².